The van der Waals surface area contributed by atoms with Gasteiger partial charge in [-0.25, -0.2) is 0 Å². The molecule has 0 aromatic heterocycles. The van der Waals surface area contributed by atoms with E-state index in [-0.39, 0.29) is 37.5 Å². The summed E-state index contributed by atoms with van der Waals surface area (Å²) >= 11 is 0. The van der Waals surface area contributed by atoms with Crippen LogP contribution in [0.1, 0.15) is 64.2 Å². The fourth-order valence-electron chi connectivity index (χ4n) is 3.53. The average molecular weight is 515 g/mol. The first kappa shape index (κ1) is 30.8. The van der Waals surface area contributed by atoms with Crippen LogP contribution >= 0.6 is 0 Å². The fraction of sp³-hybridized carbons (Fsp3) is 0.727. The number of nitrogens with one attached hydrogen (secondary N) is 4. The van der Waals surface area contributed by atoms with E-state index in [0.29, 0.717) is 51.6 Å². The third kappa shape index (κ3) is 12.4. The normalized spacial score (nSPS) is 18.9. The number of carboxylic acids is 2. The van der Waals surface area contributed by atoms with Crippen LogP contribution in [0.3, 0.4) is 0 Å². The van der Waals surface area contributed by atoms with Crippen LogP contribution in [0.4, 0.5) is 0 Å². The molecule has 4 atom stereocenters. The van der Waals surface area contributed by atoms with Gasteiger partial charge in [-0.3, -0.25) is 28.8 Å². The van der Waals surface area contributed by atoms with E-state index >= 15 is 0 Å². The highest BCUT2D eigenvalue weighted by atomic mass is 16.4. The minimum absolute atomic E-state index is 0.0496. The van der Waals surface area contributed by atoms with Gasteiger partial charge in [0.15, 0.2) is 0 Å². The van der Waals surface area contributed by atoms with Gasteiger partial charge in [-0.15, -0.1) is 0 Å². The molecule has 1 rings (SSSR count). The Morgan fingerprint density at radius 3 is 1.42 bits per heavy atom. The second-order valence-electron chi connectivity index (χ2n) is 8.77. The molecule has 4 unspecified atom stereocenters. The molecule has 204 valence electrons. The first-order valence-corrected chi connectivity index (χ1v) is 12.1. The highest BCUT2D eigenvalue weighted by Crippen LogP contribution is 2.10. The van der Waals surface area contributed by atoms with Crippen LogP contribution in [-0.2, 0) is 28.8 Å². The second kappa shape index (κ2) is 16.4. The van der Waals surface area contributed by atoms with E-state index in [1.807, 2.05) is 0 Å². The average Bonchev–Trinajstić information content (AvgIpc) is 2.82. The summed E-state index contributed by atoms with van der Waals surface area (Å²) in [6, 6.07) is -3.10. The second-order valence-corrected chi connectivity index (χ2v) is 8.77. The molecular weight excluding hydrogens is 476 g/mol. The predicted octanol–water partition coefficient (Wildman–Crippen LogP) is -2.07. The van der Waals surface area contributed by atoms with Crippen molar-refractivity contribution in [2.45, 2.75) is 88.4 Å². The molecular formula is C22H38N6O8. The van der Waals surface area contributed by atoms with Crippen molar-refractivity contribution in [3.63, 3.8) is 0 Å². The summed E-state index contributed by atoms with van der Waals surface area (Å²) in [6.07, 6.45) is 2.80. The molecule has 0 bridgehead atoms. The number of amides is 4. The molecule has 36 heavy (non-hydrogen) atoms. The highest BCUT2D eigenvalue weighted by Gasteiger charge is 2.32. The first-order valence-electron chi connectivity index (χ1n) is 12.1. The number of nitrogens with two attached hydrogens (primary N) is 2. The number of carbonyl (C=O) groups excluding carboxylic acids is 4. The SMILES string of the molecule is NC(CCC(=O)O)C(=O)NCCCCC1NC(=O)C(CCCCNC(=O)C(N)CCC(=O)O)NC1=O. The Labute approximate surface area is 209 Å². The molecule has 14 nitrogen and oxygen atoms in total. The molecule has 1 heterocycles. The van der Waals surface area contributed by atoms with Crippen LogP contribution in [0.2, 0.25) is 0 Å². The Hall–Kier alpha value is -3.26. The van der Waals surface area contributed by atoms with Gasteiger partial charge < -0.3 is 42.9 Å². The quantitative estimate of drug-likeness (QED) is 0.0928. The molecule has 0 radical (unpaired) electrons. The minimum atomic E-state index is -1.02. The van der Waals surface area contributed by atoms with Gasteiger partial charge >= 0.3 is 11.9 Å². The lowest BCUT2D eigenvalue weighted by Crippen LogP contribution is -2.61. The van der Waals surface area contributed by atoms with E-state index in [1.165, 1.54) is 0 Å². The van der Waals surface area contributed by atoms with E-state index in [4.69, 9.17) is 21.7 Å². The Morgan fingerprint density at radius 1 is 0.722 bits per heavy atom. The summed E-state index contributed by atoms with van der Waals surface area (Å²) in [5.74, 6) is -3.46. The smallest absolute Gasteiger partial charge is 0.303 e. The third-order valence-corrected chi connectivity index (χ3v) is 5.72. The van der Waals surface area contributed by atoms with Crippen LogP contribution in [0, 0.1) is 0 Å². The summed E-state index contributed by atoms with van der Waals surface area (Å²) in [7, 11) is 0. The number of aliphatic carboxylic acids is 2. The molecule has 0 aromatic carbocycles. The topological polar surface area (TPSA) is 243 Å². The van der Waals surface area contributed by atoms with E-state index in [2.05, 4.69) is 21.3 Å². The van der Waals surface area contributed by atoms with Gasteiger partial charge in [0.05, 0.1) is 12.1 Å². The van der Waals surface area contributed by atoms with E-state index < -0.39 is 47.9 Å². The summed E-state index contributed by atoms with van der Waals surface area (Å²) in [6.45, 7) is 0.650. The number of rotatable bonds is 18. The van der Waals surface area contributed by atoms with E-state index in [9.17, 15) is 28.8 Å². The molecule has 14 heteroatoms. The fourth-order valence-corrected chi connectivity index (χ4v) is 3.53. The summed E-state index contributed by atoms with van der Waals surface area (Å²) in [5.41, 5.74) is 11.2. The molecule has 1 saturated heterocycles. The van der Waals surface area contributed by atoms with Gasteiger partial charge in [0.2, 0.25) is 23.6 Å². The number of carbonyl (C=O) groups is 6. The standard InChI is InChI=1S/C22H38N6O8/c23-13(7-9-17(29)30)19(33)25-11-3-1-5-15-21(35)28-16(22(36)27-15)6-2-4-12-26-20(34)14(24)8-10-18(31)32/h13-16H,1-12,23-24H2,(H,25,33)(H,26,34)(H,27,36)(H,28,35)(H,29,30)(H,31,32). The van der Waals surface area contributed by atoms with Crippen molar-refractivity contribution < 1.29 is 39.0 Å². The van der Waals surface area contributed by atoms with Crippen LogP contribution in [0.25, 0.3) is 0 Å². The molecule has 0 spiro atoms. The molecule has 1 fully saturated rings. The van der Waals surface area contributed by atoms with Gasteiger partial charge in [0.25, 0.3) is 0 Å². The van der Waals surface area contributed by atoms with E-state index in [0.717, 1.165) is 0 Å². The highest BCUT2D eigenvalue weighted by molar-refractivity contribution is 5.96. The predicted molar refractivity (Wildman–Crippen MR) is 127 cm³/mol. The van der Waals surface area contributed by atoms with Gasteiger partial charge in [-0.2, -0.15) is 0 Å². The monoisotopic (exact) mass is 514 g/mol. The molecule has 1 aliphatic rings. The summed E-state index contributed by atoms with van der Waals surface area (Å²) in [4.78, 5) is 69.3. The van der Waals surface area contributed by atoms with Gasteiger partial charge in [0, 0.05) is 25.9 Å². The molecule has 0 saturated carbocycles. The first-order chi connectivity index (χ1) is 17.0. The number of hydrogen-bond donors (Lipinski definition) is 8. The number of unbranched alkanes of at least 4 members (excludes halogenated alkanes) is 2. The van der Waals surface area contributed by atoms with Crippen LogP contribution in [0.5, 0.6) is 0 Å². The lowest BCUT2D eigenvalue weighted by Gasteiger charge is -2.29. The molecule has 4 amide bonds. The molecule has 1 aliphatic heterocycles. The van der Waals surface area contributed by atoms with Crippen molar-refractivity contribution in [3.8, 4) is 0 Å². The molecule has 0 aromatic rings. The Balaban J connectivity index is 2.18. The number of piperazine rings is 1. The van der Waals surface area contributed by atoms with Crippen LogP contribution < -0.4 is 32.7 Å². The van der Waals surface area contributed by atoms with Gasteiger partial charge in [-0.05, 0) is 51.4 Å². The Bertz CT molecular complexity index is 729. The number of carboxylic acid groups (broad SMARTS) is 2. The van der Waals surface area contributed by atoms with Crippen LogP contribution in [-0.4, -0.2) is 83.0 Å². The maximum absolute atomic E-state index is 12.3. The maximum Gasteiger partial charge on any atom is 0.303 e. The van der Waals surface area contributed by atoms with Gasteiger partial charge in [-0.1, -0.05) is 0 Å². The van der Waals surface area contributed by atoms with Crippen molar-refractivity contribution in [3.05, 3.63) is 0 Å². The Morgan fingerprint density at radius 2 is 1.08 bits per heavy atom. The zero-order valence-electron chi connectivity index (χ0n) is 20.3. The third-order valence-electron chi connectivity index (χ3n) is 5.72. The summed E-state index contributed by atoms with van der Waals surface area (Å²) in [5, 5.41) is 27.9. The lowest BCUT2D eigenvalue weighted by molar-refractivity contribution is -0.138. The molecule has 0 aliphatic carbocycles. The largest absolute Gasteiger partial charge is 0.481 e. The van der Waals surface area contributed by atoms with Crippen molar-refractivity contribution in [2.75, 3.05) is 13.1 Å². The Kier molecular flexibility index (Phi) is 14.0. The van der Waals surface area contributed by atoms with E-state index in [1.54, 1.807) is 0 Å². The maximum atomic E-state index is 12.3. The van der Waals surface area contributed by atoms with Gasteiger partial charge in [0.1, 0.15) is 12.1 Å². The van der Waals surface area contributed by atoms with Crippen LogP contribution in [0.15, 0.2) is 0 Å². The summed E-state index contributed by atoms with van der Waals surface area (Å²) < 4.78 is 0. The van der Waals surface area contributed by atoms with Crippen molar-refractivity contribution >= 4 is 35.6 Å². The number of hydrogen-bond acceptors (Lipinski definition) is 8. The zero-order chi connectivity index (χ0) is 27.1. The van der Waals surface area contributed by atoms with Crippen molar-refractivity contribution in [1.29, 1.82) is 0 Å². The van der Waals surface area contributed by atoms with Crippen molar-refractivity contribution in [1.82, 2.24) is 21.3 Å². The zero-order valence-corrected chi connectivity index (χ0v) is 20.3. The lowest BCUT2D eigenvalue weighted by atomic mass is 10.0. The molecule has 10 N–H and O–H groups in total. The minimum Gasteiger partial charge on any atom is -0.481 e. The van der Waals surface area contributed by atoms with Crippen molar-refractivity contribution in [2.24, 2.45) is 11.5 Å².